The molecule has 92 valence electrons. The van der Waals surface area contributed by atoms with Gasteiger partial charge in [0.2, 0.25) is 0 Å². The highest BCUT2D eigenvalue weighted by molar-refractivity contribution is 5.86. The van der Waals surface area contributed by atoms with Crippen molar-refractivity contribution in [2.24, 2.45) is 0 Å². The minimum Gasteiger partial charge on any atom is -0.299 e. The summed E-state index contributed by atoms with van der Waals surface area (Å²) in [5.41, 5.74) is 0.385. The maximum absolute atomic E-state index is 14.0. The van der Waals surface area contributed by atoms with Crippen molar-refractivity contribution in [1.82, 2.24) is 0 Å². The Hall–Kier alpha value is -1.25. The molecule has 1 unspecified atom stereocenters. The van der Waals surface area contributed by atoms with Crippen molar-refractivity contribution in [3.63, 3.8) is 0 Å². The summed E-state index contributed by atoms with van der Waals surface area (Å²) in [5, 5.41) is 0. The molecular formula is C14H16F2O. The molecule has 2 rings (SSSR count). The van der Waals surface area contributed by atoms with E-state index < -0.39 is 17.6 Å². The number of hydrogen-bond donors (Lipinski definition) is 0. The van der Waals surface area contributed by atoms with Gasteiger partial charge in [0, 0.05) is 17.9 Å². The third-order valence-electron chi connectivity index (χ3n) is 3.47. The monoisotopic (exact) mass is 238 g/mol. The molecule has 1 saturated carbocycles. The smallest absolute Gasteiger partial charge is 0.140 e. The van der Waals surface area contributed by atoms with E-state index in [9.17, 15) is 13.6 Å². The molecule has 0 amide bonds. The fraction of sp³-hybridized carbons (Fsp3) is 0.500. The maximum atomic E-state index is 14.0. The van der Waals surface area contributed by atoms with Gasteiger partial charge >= 0.3 is 0 Å². The van der Waals surface area contributed by atoms with E-state index in [2.05, 4.69) is 0 Å². The van der Waals surface area contributed by atoms with Crippen molar-refractivity contribution in [2.75, 3.05) is 0 Å². The zero-order valence-electron chi connectivity index (χ0n) is 9.93. The Balaban J connectivity index is 2.44. The normalized spacial score (nSPS) is 21.4. The Morgan fingerprint density at radius 3 is 2.71 bits per heavy atom. The van der Waals surface area contributed by atoms with Crippen molar-refractivity contribution in [3.05, 3.63) is 34.9 Å². The average molecular weight is 238 g/mol. The predicted molar refractivity (Wildman–Crippen MR) is 61.9 cm³/mol. The molecule has 1 atom stereocenters. The second kappa shape index (κ2) is 4.94. The van der Waals surface area contributed by atoms with Crippen LogP contribution in [0.5, 0.6) is 0 Å². The molecule has 0 radical (unpaired) electrons. The van der Waals surface area contributed by atoms with Gasteiger partial charge in [-0.1, -0.05) is 18.9 Å². The lowest BCUT2D eigenvalue weighted by Gasteiger charge is -2.16. The summed E-state index contributed by atoms with van der Waals surface area (Å²) >= 11 is 0. The van der Waals surface area contributed by atoms with Crippen LogP contribution in [0.2, 0.25) is 0 Å². The lowest BCUT2D eigenvalue weighted by molar-refractivity contribution is -0.120. The van der Waals surface area contributed by atoms with E-state index in [1.807, 2.05) is 0 Å². The standard InChI is InChI=1S/C14H16F2O/c1-9-7-8-11(15)13(14(9)16)10-5-3-2-4-6-12(10)17/h7-8,10H,2-6H2,1H3. The molecule has 1 aliphatic carbocycles. The van der Waals surface area contributed by atoms with Gasteiger partial charge in [0.05, 0.1) is 0 Å². The molecule has 0 saturated heterocycles. The van der Waals surface area contributed by atoms with E-state index in [4.69, 9.17) is 0 Å². The summed E-state index contributed by atoms with van der Waals surface area (Å²) < 4.78 is 27.7. The molecule has 0 aromatic heterocycles. The average Bonchev–Trinajstić information content (AvgIpc) is 2.50. The molecule has 17 heavy (non-hydrogen) atoms. The van der Waals surface area contributed by atoms with Gasteiger partial charge in [-0.15, -0.1) is 0 Å². The number of aryl methyl sites for hydroxylation is 1. The van der Waals surface area contributed by atoms with Crippen LogP contribution in [0.4, 0.5) is 8.78 Å². The van der Waals surface area contributed by atoms with Gasteiger partial charge in [-0.3, -0.25) is 4.79 Å². The zero-order chi connectivity index (χ0) is 12.4. The van der Waals surface area contributed by atoms with Gasteiger partial charge in [-0.2, -0.15) is 0 Å². The second-order valence-corrected chi connectivity index (χ2v) is 4.71. The molecule has 1 aromatic carbocycles. The fourth-order valence-electron chi connectivity index (χ4n) is 2.46. The Labute approximate surface area is 99.8 Å². The molecule has 0 heterocycles. The number of halogens is 2. The number of carbonyl (C=O) groups is 1. The minimum atomic E-state index is -0.589. The van der Waals surface area contributed by atoms with Crippen LogP contribution in [0.1, 0.15) is 49.1 Å². The van der Waals surface area contributed by atoms with Crippen LogP contribution in [-0.2, 0) is 4.79 Å². The molecule has 1 fully saturated rings. The summed E-state index contributed by atoms with van der Waals surface area (Å²) in [7, 11) is 0. The lowest BCUT2D eigenvalue weighted by atomic mass is 9.89. The molecule has 3 heteroatoms. The van der Waals surface area contributed by atoms with E-state index in [1.165, 1.54) is 12.1 Å². The predicted octanol–water partition coefficient (Wildman–Crippen LogP) is 3.89. The third-order valence-corrected chi connectivity index (χ3v) is 3.47. The van der Waals surface area contributed by atoms with Crippen LogP contribution in [0, 0.1) is 18.6 Å². The van der Waals surface area contributed by atoms with Gasteiger partial charge in [0.25, 0.3) is 0 Å². The van der Waals surface area contributed by atoms with E-state index in [0.29, 0.717) is 18.4 Å². The van der Waals surface area contributed by atoms with Crippen LogP contribution >= 0.6 is 0 Å². The number of Topliss-reactive ketones (excluding diaryl/α,β-unsaturated/α-hetero) is 1. The van der Waals surface area contributed by atoms with E-state index >= 15 is 0 Å². The van der Waals surface area contributed by atoms with Crippen LogP contribution in [-0.4, -0.2) is 5.78 Å². The summed E-state index contributed by atoms with van der Waals surface area (Å²) in [6, 6.07) is 2.67. The third kappa shape index (κ3) is 2.38. The number of hydrogen-bond acceptors (Lipinski definition) is 1. The highest BCUT2D eigenvalue weighted by Gasteiger charge is 2.28. The highest BCUT2D eigenvalue weighted by Crippen LogP contribution is 2.33. The Kier molecular flexibility index (Phi) is 3.55. The number of carbonyl (C=O) groups excluding carboxylic acids is 1. The van der Waals surface area contributed by atoms with E-state index in [-0.39, 0.29) is 11.3 Å². The van der Waals surface area contributed by atoms with E-state index in [0.717, 1.165) is 19.3 Å². The first-order valence-electron chi connectivity index (χ1n) is 6.08. The molecule has 1 nitrogen and oxygen atoms in total. The summed E-state index contributed by atoms with van der Waals surface area (Å²) in [4.78, 5) is 11.9. The van der Waals surface area contributed by atoms with Gasteiger partial charge in [0.15, 0.2) is 0 Å². The molecule has 0 aliphatic heterocycles. The minimum absolute atomic E-state index is 0.0168. The molecule has 0 N–H and O–H groups in total. The second-order valence-electron chi connectivity index (χ2n) is 4.71. The van der Waals surface area contributed by atoms with Crippen LogP contribution in [0.25, 0.3) is 0 Å². The highest BCUT2D eigenvalue weighted by atomic mass is 19.1. The van der Waals surface area contributed by atoms with Crippen molar-refractivity contribution in [1.29, 1.82) is 0 Å². The van der Waals surface area contributed by atoms with Crippen LogP contribution in [0.15, 0.2) is 12.1 Å². The maximum Gasteiger partial charge on any atom is 0.140 e. The first kappa shape index (κ1) is 12.2. The zero-order valence-corrected chi connectivity index (χ0v) is 9.93. The fourth-order valence-corrected chi connectivity index (χ4v) is 2.46. The first-order chi connectivity index (χ1) is 8.11. The number of ketones is 1. The summed E-state index contributed by atoms with van der Waals surface area (Å²) in [5.74, 6) is -1.75. The van der Waals surface area contributed by atoms with Crippen molar-refractivity contribution < 1.29 is 13.6 Å². The number of rotatable bonds is 1. The van der Waals surface area contributed by atoms with Gasteiger partial charge in [-0.05, 0) is 31.4 Å². The molecule has 1 aromatic rings. The van der Waals surface area contributed by atoms with Crippen molar-refractivity contribution in [3.8, 4) is 0 Å². The SMILES string of the molecule is Cc1ccc(F)c(C2CCCCCC2=O)c1F. The summed E-state index contributed by atoms with van der Waals surface area (Å²) in [6.45, 7) is 1.60. The van der Waals surface area contributed by atoms with E-state index in [1.54, 1.807) is 6.92 Å². The van der Waals surface area contributed by atoms with Crippen LogP contribution in [0.3, 0.4) is 0 Å². The topological polar surface area (TPSA) is 17.1 Å². The molecule has 0 spiro atoms. The van der Waals surface area contributed by atoms with Gasteiger partial charge in [0.1, 0.15) is 17.4 Å². The number of benzene rings is 1. The quantitative estimate of drug-likeness (QED) is 0.678. The van der Waals surface area contributed by atoms with Gasteiger partial charge < -0.3 is 0 Å². The Bertz CT molecular complexity index is 440. The lowest BCUT2D eigenvalue weighted by Crippen LogP contribution is -2.14. The van der Waals surface area contributed by atoms with Crippen molar-refractivity contribution >= 4 is 5.78 Å². The largest absolute Gasteiger partial charge is 0.299 e. The Morgan fingerprint density at radius 1 is 1.18 bits per heavy atom. The molecule has 1 aliphatic rings. The first-order valence-corrected chi connectivity index (χ1v) is 6.08. The van der Waals surface area contributed by atoms with Crippen molar-refractivity contribution in [2.45, 2.75) is 44.9 Å². The van der Waals surface area contributed by atoms with Crippen LogP contribution < -0.4 is 0 Å². The molecular weight excluding hydrogens is 222 g/mol. The molecule has 0 bridgehead atoms. The van der Waals surface area contributed by atoms with Gasteiger partial charge in [-0.25, -0.2) is 8.78 Å². The Morgan fingerprint density at radius 2 is 1.94 bits per heavy atom. The summed E-state index contributed by atoms with van der Waals surface area (Å²) in [6.07, 6.45) is 3.68.